The van der Waals surface area contributed by atoms with Gasteiger partial charge in [0.25, 0.3) is 11.8 Å². The zero-order valence-corrected chi connectivity index (χ0v) is 7.54. The lowest BCUT2D eigenvalue weighted by molar-refractivity contribution is 0.0879. The number of rotatable bonds is 2. The van der Waals surface area contributed by atoms with E-state index in [-0.39, 0.29) is 11.8 Å². The van der Waals surface area contributed by atoms with E-state index in [1.54, 1.807) is 18.2 Å². The summed E-state index contributed by atoms with van der Waals surface area (Å²) in [6, 6.07) is 5.24. The van der Waals surface area contributed by atoms with Gasteiger partial charge in [-0.2, -0.15) is 0 Å². The number of amides is 2. The summed E-state index contributed by atoms with van der Waals surface area (Å²) in [7, 11) is 0. The molecule has 0 unspecified atom stereocenters. The lowest BCUT2D eigenvalue weighted by Crippen LogP contribution is -2.19. The fourth-order valence-corrected chi connectivity index (χ4v) is 1.51. The minimum atomic E-state index is -0.310. The van der Waals surface area contributed by atoms with Gasteiger partial charge in [0.15, 0.2) is 0 Å². The van der Waals surface area contributed by atoms with Gasteiger partial charge in [0, 0.05) is 0 Å². The van der Waals surface area contributed by atoms with Crippen molar-refractivity contribution in [2.24, 2.45) is 0 Å². The molecule has 1 aromatic carbocycles. The Morgan fingerprint density at radius 2 is 1.93 bits per heavy atom. The maximum absolute atomic E-state index is 11.3. The van der Waals surface area contributed by atoms with Crippen LogP contribution in [-0.2, 0) is 6.42 Å². The summed E-state index contributed by atoms with van der Waals surface area (Å²) in [4.78, 5) is 22.5. The Bertz CT molecular complexity index is 435. The predicted octanol–water partition coefficient (Wildman–Crippen LogP) is 1.30. The first-order valence-corrected chi connectivity index (χ1v) is 4.32. The van der Waals surface area contributed by atoms with Crippen LogP contribution in [0.4, 0.5) is 0 Å². The second kappa shape index (κ2) is 3.10. The molecular weight excluding hydrogens is 178 g/mol. The van der Waals surface area contributed by atoms with Crippen LogP contribution in [0.3, 0.4) is 0 Å². The molecule has 0 saturated heterocycles. The zero-order valence-electron chi connectivity index (χ0n) is 7.54. The molecule has 0 saturated carbocycles. The summed E-state index contributed by atoms with van der Waals surface area (Å²) in [5.41, 5.74) is 1.92. The molecule has 70 valence electrons. The molecule has 0 atom stereocenters. The lowest BCUT2D eigenvalue weighted by Gasteiger charge is -1.98. The fraction of sp³-hybridized carbons (Fsp3) is 0.0909. The van der Waals surface area contributed by atoms with Gasteiger partial charge in [0.05, 0.1) is 11.1 Å². The number of carbonyl (C=O) groups is 2. The van der Waals surface area contributed by atoms with Crippen LogP contribution in [0, 0.1) is 0 Å². The van der Waals surface area contributed by atoms with Crippen molar-refractivity contribution in [3.8, 4) is 0 Å². The molecule has 3 heteroatoms. The van der Waals surface area contributed by atoms with E-state index in [1.807, 2.05) is 6.07 Å². The van der Waals surface area contributed by atoms with E-state index in [0.29, 0.717) is 17.5 Å². The van der Waals surface area contributed by atoms with Crippen LogP contribution in [0.1, 0.15) is 26.3 Å². The molecule has 0 aromatic heterocycles. The smallest absolute Gasteiger partial charge is 0.258 e. The Hall–Kier alpha value is -1.90. The lowest BCUT2D eigenvalue weighted by atomic mass is 10.0. The highest BCUT2D eigenvalue weighted by Crippen LogP contribution is 2.17. The van der Waals surface area contributed by atoms with Crippen molar-refractivity contribution < 1.29 is 9.59 Å². The van der Waals surface area contributed by atoms with E-state index in [2.05, 4.69) is 11.9 Å². The molecule has 0 fully saturated rings. The summed E-state index contributed by atoms with van der Waals surface area (Å²) in [6.45, 7) is 3.62. The molecular formula is C11H9NO2. The maximum Gasteiger partial charge on any atom is 0.258 e. The first-order valence-electron chi connectivity index (χ1n) is 4.32. The number of benzene rings is 1. The maximum atomic E-state index is 11.3. The molecule has 1 heterocycles. The summed E-state index contributed by atoms with van der Waals surface area (Å²) in [6.07, 6.45) is 2.46. The summed E-state index contributed by atoms with van der Waals surface area (Å²) in [5, 5.41) is 2.25. The Labute approximate surface area is 81.4 Å². The topological polar surface area (TPSA) is 46.2 Å². The Balaban J connectivity index is 2.49. The van der Waals surface area contributed by atoms with Gasteiger partial charge in [-0.1, -0.05) is 12.1 Å². The second-order valence-electron chi connectivity index (χ2n) is 3.16. The Morgan fingerprint density at radius 1 is 1.21 bits per heavy atom. The van der Waals surface area contributed by atoms with E-state index >= 15 is 0 Å². The number of nitrogens with one attached hydrogen (secondary N) is 1. The van der Waals surface area contributed by atoms with Gasteiger partial charge in [0.1, 0.15) is 0 Å². The molecule has 1 N–H and O–H groups in total. The Morgan fingerprint density at radius 3 is 2.64 bits per heavy atom. The number of allylic oxidation sites excluding steroid dienone is 1. The third kappa shape index (κ3) is 1.23. The molecule has 2 amide bonds. The normalized spacial score (nSPS) is 13.7. The average Bonchev–Trinajstić information content (AvgIpc) is 2.43. The van der Waals surface area contributed by atoms with E-state index in [9.17, 15) is 9.59 Å². The van der Waals surface area contributed by atoms with E-state index in [1.165, 1.54) is 0 Å². The van der Waals surface area contributed by atoms with Crippen LogP contribution in [0.15, 0.2) is 30.9 Å². The number of hydrogen-bond donors (Lipinski definition) is 1. The molecule has 2 rings (SSSR count). The minimum Gasteiger partial charge on any atom is -0.288 e. The van der Waals surface area contributed by atoms with Gasteiger partial charge >= 0.3 is 0 Å². The van der Waals surface area contributed by atoms with Crippen LogP contribution in [0.2, 0.25) is 0 Å². The summed E-state index contributed by atoms with van der Waals surface area (Å²) >= 11 is 0. The third-order valence-electron chi connectivity index (χ3n) is 2.18. The van der Waals surface area contributed by atoms with E-state index in [0.717, 1.165) is 5.56 Å². The highest BCUT2D eigenvalue weighted by Gasteiger charge is 2.26. The number of imide groups is 1. The molecule has 1 aromatic rings. The van der Waals surface area contributed by atoms with Gasteiger partial charge in [-0.3, -0.25) is 14.9 Å². The van der Waals surface area contributed by atoms with Gasteiger partial charge in [-0.25, -0.2) is 0 Å². The third-order valence-corrected chi connectivity index (χ3v) is 2.18. The van der Waals surface area contributed by atoms with Crippen molar-refractivity contribution in [2.75, 3.05) is 0 Å². The van der Waals surface area contributed by atoms with Crippen molar-refractivity contribution in [2.45, 2.75) is 6.42 Å². The van der Waals surface area contributed by atoms with Crippen molar-refractivity contribution in [1.29, 1.82) is 0 Å². The highest BCUT2D eigenvalue weighted by molar-refractivity contribution is 6.21. The fourth-order valence-electron chi connectivity index (χ4n) is 1.51. The van der Waals surface area contributed by atoms with Gasteiger partial charge in [-0.05, 0) is 24.1 Å². The van der Waals surface area contributed by atoms with Crippen molar-refractivity contribution in [1.82, 2.24) is 5.32 Å². The predicted molar refractivity (Wildman–Crippen MR) is 52.1 cm³/mol. The molecule has 0 bridgehead atoms. The zero-order chi connectivity index (χ0) is 10.1. The van der Waals surface area contributed by atoms with Crippen molar-refractivity contribution in [3.05, 3.63) is 47.5 Å². The number of carbonyl (C=O) groups excluding carboxylic acids is 2. The molecule has 0 spiro atoms. The van der Waals surface area contributed by atoms with Gasteiger partial charge in [-0.15, -0.1) is 6.58 Å². The SMILES string of the molecule is C=CCc1ccc2c(c1)C(=O)NC2=O. The Kier molecular flexibility index (Phi) is 1.93. The molecule has 0 aliphatic carbocycles. The second-order valence-corrected chi connectivity index (χ2v) is 3.16. The minimum absolute atomic E-state index is 0.309. The van der Waals surface area contributed by atoms with Crippen molar-refractivity contribution >= 4 is 11.8 Å². The molecule has 3 nitrogen and oxygen atoms in total. The standard InChI is InChI=1S/C11H9NO2/c1-2-3-7-4-5-8-9(6-7)11(14)12-10(8)13/h2,4-6H,1,3H2,(H,12,13,14). The van der Waals surface area contributed by atoms with Gasteiger partial charge in [0.2, 0.25) is 0 Å². The summed E-state index contributed by atoms with van der Waals surface area (Å²) < 4.78 is 0. The largest absolute Gasteiger partial charge is 0.288 e. The summed E-state index contributed by atoms with van der Waals surface area (Å²) in [5.74, 6) is -0.619. The first-order chi connectivity index (χ1) is 6.72. The average molecular weight is 187 g/mol. The number of hydrogen-bond acceptors (Lipinski definition) is 2. The molecule has 1 aliphatic rings. The quantitative estimate of drug-likeness (QED) is 0.560. The molecule has 14 heavy (non-hydrogen) atoms. The molecule has 0 radical (unpaired) electrons. The highest BCUT2D eigenvalue weighted by atomic mass is 16.2. The van der Waals surface area contributed by atoms with Crippen LogP contribution in [0.5, 0.6) is 0 Å². The molecule has 1 aliphatic heterocycles. The van der Waals surface area contributed by atoms with Crippen molar-refractivity contribution in [3.63, 3.8) is 0 Å². The van der Waals surface area contributed by atoms with Crippen LogP contribution < -0.4 is 5.32 Å². The van der Waals surface area contributed by atoms with E-state index < -0.39 is 0 Å². The van der Waals surface area contributed by atoms with E-state index in [4.69, 9.17) is 0 Å². The van der Waals surface area contributed by atoms with Gasteiger partial charge < -0.3 is 0 Å². The number of fused-ring (bicyclic) bond motifs is 1. The van der Waals surface area contributed by atoms with Crippen LogP contribution >= 0.6 is 0 Å². The first kappa shape index (κ1) is 8.69. The van der Waals surface area contributed by atoms with Crippen LogP contribution in [-0.4, -0.2) is 11.8 Å². The van der Waals surface area contributed by atoms with Crippen LogP contribution in [0.25, 0.3) is 0 Å². The monoisotopic (exact) mass is 187 g/mol.